The maximum atomic E-state index is 5.61. The second-order valence-corrected chi connectivity index (χ2v) is 4.22. The minimum Gasteiger partial charge on any atom is -0.379 e. The number of hydrogen-bond acceptors (Lipinski definition) is 2. The van der Waals surface area contributed by atoms with Gasteiger partial charge in [0, 0.05) is 23.7 Å². The molecule has 2 aromatic rings. The average molecular weight is 216 g/mol. The highest BCUT2D eigenvalue weighted by Crippen LogP contribution is 2.24. The maximum absolute atomic E-state index is 5.61. The van der Waals surface area contributed by atoms with Crippen molar-refractivity contribution in [1.29, 1.82) is 0 Å². The van der Waals surface area contributed by atoms with E-state index >= 15 is 0 Å². The third-order valence-corrected chi connectivity index (χ3v) is 3.14. The molecule has 1 atom stereocenters. The highest BCUT2D eigenvalue weighted by atomic mass is 16.5. The van der Waals surface area contributed by atoms with Crippen LogP contribution in [0.1, 0.15) is 18.0 Å². The summed E-state index contributed by atoms with van der Waals surface area (Å²) in [4.78, 5) is 3.25. The molecule has 0 amide bonds. The van der Waals surface area contributed by atoms with E-state index in [2.05, 4.69) is 34.6 Å². The number of ether oxygens (including phenoxy) is 1. The van der Waals surface area contributed by atoms with Crippen LogP contribution in [-0.2, 0) is 4.74 Å². The third kappa shape index (κ3) is 1.72. The molecule has 0 unspecified atom stereocenters. The fourth-order valence-electron chi connectivity index (χ4n) is 2.32. The van der Waals surface area contributed by atoms with Crippen molar-refractivity contribution in [2.45, 2.75) is 12.5 Å². The average Bonchev–Trinajstić information content (AvgIpc) is 2.63. The number of rotatable bonds is 1. The van der Waals surface area contributed by atoms with Gasteiger partial charge in [0.05, 0.1) is 12.6 Å². The Hall–Kier alpha value is -1.32. The molecule has 0 aliphatic carbocycles. The lowest BCUT2D eigenvalue weighted by atomic mass is 10.0. The molecule has 16 heavy (non-hydrogen) atoms. The minimum atomic E-state index is 0.321. The van der Waals surface area contributed by atoms with Gasteiger partial charge in [-0.25, -0.2) is 0 Å². The van der Waals surface area contributed by atoms with E-state index in [9.17, 15) is 0 Å². The summed E-state index contributed by atoms with van der Waals surface area (Å²) in [5.41, 5.74) is 2.53. The predicted molar refractivity (Wildman–Crippen MR) is 64.5 cm³/mol. The summed E-state index contributed by atoms with van der Waals surface area (Å²) in [6.07, 6.45) is 3.09. The van der Waals surface area contributed by atoms with Crippen molar-refractivity contribution in [3.05, 3.63) is 36.0 Å². The summed E-state index contributed by atoms with van der Waals surface area (Å²) < 4.78 is 5.61. The largest absolute Gasteiger partial charge is 0.379 e. The molecule has 2 N–H and O–H groups in total. The molecule has 3 nitrogen and oxygen atoms in total. The highest BCUT2D eigenvalue weighted by molar-refractivity contribution is 5.83. The zero-order chi connectivity index (χ0) is 10.8. The predicted octanol–water partition coefficient (Wildman–Crippen LogP) is 2.22. The van der Waals surface area contributed by atoms with Gasteiger partial charge in [0.25, 0.3) is 0 Å². The van der Waals surface area contributed by atoms with Crippen molar-refractivity contribution in [2.24, 2.45) is 0 Å². The summed E-state index contributed by atoms with van der Waals surface area (Å²) in [5, 5.41) is 4.84. The van der Waals surface area contributed by atoms with Crippen molar-refractivity contribution in [2.75, 3.05) is 19.8 Å². The standard InChI is InChI=1S/C13H16N2O/c1-3-10(11-5-7-15-12(11)4-1)13-9-16-8-2-6-14-13/h1,3-5,7,13-15H,2,6,8-9H2/t13-/m0/s1. The molecule has 1 aromatic carbocycles. The number of fused-ring (bicyclic) bond motifs is 1. The van der Waals surface area contributed by atoms with Crippen LogP contribution in [0, 0.1) is 0 Å². The second-order valence-electron chi connectivity index (χ2n) is 4.22. The van der Waals surface area contributed by atoms with E-state index in [1.807, 2.05) is 6.20 Å². The van der Waals surface area contributed by atoms with E-state index in [1.165, 1.54) is 16.5 Å². The SMILES string of the molecule is c1cc([C@@H]2COCCCN2)c2cc[nH]c2c1. The topological polar surface area (TPSA) is 37.0 Å². The van der Waals surface area contributed by atoms with Crippen LogP contribution in [-0.4, -0.2) is 24.7 Å². The molecule has 2 heterocycles. The zero-order valence-corrected chi connectivity index (χ0v) is 9.20. The lowest BCUT2D eigenvalue weighted by molar-refractivity contribution is 0.132. The van der Waals surface area contributed by atoms with Crippen molar-refractivity contribution in [1.82, 2.24) is 10.3 Å². The van der Waals surface area contributed by atoms with E-state index in [1.54, 1.807) is 0 Å². The lowest BCUT2D eigenvalue weighted by Gasteiger charge is -2.16. The molecule has 84 valence electrons. The van der Waals surface area contributed by atoms with Gasteiger partial charge in [0.1, 0.15) is 0 Å². The molecule has 3 rings (SSSR count). The van der Waals surface area contributed by atoms with Crippen LogP contribution in [0.15, 0.2) is 30.5 Å². The molecule has 1 saturated heterocycles. The van der Waals surface area contributed by atoms with E-state index in [4.69, 9.17) is 4.74 Å². The van der Waals surface area contributed by atoms with Crippen LogP contribution in [0.5, 0.6) is 0 Å². The minimum absolute atomic E-state index is 0.321. The van der Waals surface area contributed by atoms with E-state index in [0.717, 1.165) is 26.2 Å². The Balaban J connectivity index is 2.00. The number of hydrogen-bond donors (Lipinski definition) is 2. The van der Waals surface area contributed by atoms with Crippen molar-refractivity contribution >= 4 is 10.9 Å². The van der Waals surface area contributed by atoms with Crippen LogP contribution in [0.25, 0.3) is 10.9 Å². The molecule has 1 fully saturated rings. The Morgan fingerprint density at radius 2 is 2.25 bits per heavy atom. The van der Waals surface area contributed by atoms with Crippen LogP contribution in [0.2, 0.25) is 0 Å². The fourth-order valence-corrected chi connectivity index (χ4v) is 2.32. The molecule has 0 saturated carbocycles. The number of nitrogens with one attached hydrogen (secondary N) is 2. The van der Waals surface area contributed by atoms with E-state index in [-0.39, 0.29) is 0 Å². The number of aromatic amines is 1. The smallest absolute Gasteiger partial charge is 0.0661 e. The van der Waals surface area contributed by atoms with Crippen LogP contribution >= 0.6 is 0 Å². The number of aromatic nitrogens is 1. The van der Waals surface area contributed by atoms with Gasteiger partial charge < -0.3 is 15.0 Å². The normalized spacial score (nSPS) is 22.1. The van der Waals surface area contributed by atoms with Gasteiger partial charge in [0.2, 0.25) is 0 Å². The Bertz CT molecular complexity index is 469. The maximum Gasteiger partial charge on any atom is 0.0661 e. The van der Waals surface area contributed by atoms with Gasteiger partial charge >= 0.3 is 0 Å². The first-order valence-electron chi connectivity index (χ1n) is 5.82. The van der Waals surface area contributed by atoms with Gasteiger partial charge in [-0.15, -0.1) is 0 Å². The van der Waals surface area contributed by atoms with Gasteiger partial charge in [0.15, 0.2) is 0 Å². The van der Waals surface area contributed by atoms with Gasteiger partial charge in [-0.1, -0.05) is 12.1 Å². The van der Waals surface area contributed by atoms with E-state index < -0.39 is 0 Å². The second kappa shape index (κ2) is 4.28. The Labute approximate surface area is 94.8 Å². The molecular formula is C13H16N2O. The number of benzene rings is 1. The molecular weight excluding hydrogens is 200 g/mol. The first-order chi connectivity index (χ1) is 7.95. The molecule has 3 heteroatoms. The zero-order valence-electron chi connectivity index (χ0n) is 9.20. The summed E-state index contributed by atoms with van der Waals surface area (Å²) in [5.74, 6) is 0. The molecule has 0 bridgehead atoms. The van der Waals surface area contributed by atoms with Crippen molar-refractivity contribution < 1.29 is 4.74 Å². The first kappa shape index (κ1) is 9.87. The van der Waals surface area contributed by atoms with Crippen molar-refractivity contribution in [3.8, 4) is 0 Å². The van der Waals surface area contributed by atoms with Gasteiger partial charge in [-0.3, -0.25) is 0 Å². The fraction of sp³-hybridized carbons (Fsp3) is 0.385. The van der Waals surface area contributed by atoms with Crippen LogP contribution in [0.3, 0.4) is 0 Å². The Morgan fingerprint density at radius 1 is 1.25 bits per heavy atom. The monoisotopic (exact) mass is 216 g/mol. The quantitative estimate of drug-likeness (QED) is 0.767. The molecule has 1 aliphatic heterocycles. The molecule has 0 radical (unpaired) electrons. The van der Waals surface area contributed by atoms with Crippen molar-refractivity contribution in [3.63, 3.8) is 0 Å². The molecule has 1 aromatic heterocycles. The summed E-state index contributed by atoms with van der Waals surface area (Å²) in [6.45, 7) is 2.67. The highest BCUT2D eigenvalue weighted by Gasteiger charge is 2.16. The third-order valence-electron chi connectivity index (χ3n) is 3.14. The molecule has 0 spiro atoms. The Morgan fingerprint density at radius 3 is 3.25 bits per heavy atom. The van der Waals surface area contributed by atoms with E-state index in [0.29, 0.717) is 6.04 Å². The first-order valence-corrected chi connectivity index (χ1v) is 5.82. The van der Waals surface area contributed by atoms with Crippen LogP contribution < -0.4 is 5.32 Å². The van der Waals surface area contributed by atoms with Crippen LogP contribution in [0.4, 0.5) is 0 Å². The summed E-state index contributed by atoms with van der Waals surface area (Å²) in [6, 6.07) is 8.85. The van der Waals surface area contributed by atoms with Gasteiger partial charge in [-0.2, -0.15) is 0 Å². The molecule has 1 aliphatic rings. The van der Waals surface area contributed by atoms with Gasteiger partial charge in [-0.05, 0) is 30.7 Å². The number of H-pyrrole nitrogens is 1. The summed E-state index contributed by atoms with van der Waals surface area (Å²) in [7, 11) is 0. The summed E-state index contributed by atoms with van der Waals surface area (Å²) >= 11 is 0. The lowest BCUT2D eigenvalue weighted by Crippen LogP contribution is -2.23. The Kier molecular flexibility index (Phi) is 2.64.